The highest BCUT2D eigenvalue weighted by Gasteiger charge is 2.25. The van der Waals surface area contributed by atoms with Crippen LogP contribution in [0.3, 0.4) is 0 Å². The second-order valence-corrected chi connectivity index (χ2v) is 10.6. The Balaban J connectivity index is 2.23. The highest BCUT2D eigenvalue weighted by atomic mass is 16.6. The summed E-state index contributed by atoms with van der Waals surface area (Å²) in [6.45, 7) is 8.69. The highest BCUT2D eigenvalue weighted by Crippen LogP contribution is 2.36. The largest absolute Gasteiger partial charge is 0.460 e. The van der Waals surface area contributed by atoms with Crippen LogP contribution in [0.4, 0.5) is 0 Å². The van der Waals surface area contributed by atoms with E-state index in [-0.39, 0.29) is 19.0 Å². The average Bonchev–Trinajstić information content (AvgIpc) is 3.18. The van der Waals surface area contributed by atoms with Crippen molar-refractivity contribution in [2.24, 2.45) is 17.3 Å². The Morgan fingerprint density at radius 1 is 0.969 bits per heavy atom. The van der Waals surface area contributed by atoms with Crippen molar-refractivity contribution in [3.8, 4) is 0 Å². The molecule has 4 nitrogen and oxygen atoms in total. The van der Waals surface area contributed by atoms with Crippen molar-refractivity contribution in [1.29, 1.82) is 0 Å². The molecule has 0 unspecified atom stereocenters. The summed E-state index contributed by atoms with van der Waals surface area (Å²) in [6, 6.07) is 0. The molecule has 1 saturated carbocycles. The molecule has 2 atom stereocenters. The second-order valence-electron chi connectivity index (χ2n) is 10.6. The molecule has 32 heavy (non-hydrogen) atoms. The lowest BCUT2D eigenvalue weighted by Gasteiger charge is -2.23. The van der Waals surface area contributed by atoms with Crippen molar-refractivity contribution in [2.75, 3.05) is 6.61 Å². The lowest BCUT2D eigenvalue weighted by Crippen LogP contribution is -2.35. The summed E-state index contributed by atoms with van der Waals surface area (Å²) in [4.78, 5) is 11.5. The van der Waals surface area contributed by atoms with Crippen LogP contribution in [0.5, 0.6) is 0 Å². The fourth-order valence-corrected chi connectivity index (χ4v) is 4.71. The van der Waals surface area contributed by atoms with Crippen LogP contribution in [-0.2, 0) is 9.53 Å². The number of aliphatic hydroxyl groups is 2. The van der Waals surface area contributed by atoms with Crippen LogP contribution in [0.15, 0.2) is 24.3 Å². The number of ether oxygens (including phenoxy) is 1. The maximum atomic E-state index is 11.5. The number of hydrogen-bond acceptors (Lipinski definition) is 4. The third kappa shape index (κ3) is 13.4. The second kappa shape index (κ2) is 15.7. The predicted octanol–water partition coefficient (Wildman–Crippen LogP) is 7.10. The first-order valence-electron chi connectivity index (χ1n) is 13.1. The van der Waals surface area contributed by atoms with E-state index in [0.717, 1.165) is 31.6 Å². The zero-order valence-electron chi connectivity index (χ0n) is 21.3. The van der Waals surface area contributed by atoms with Gasteiger partial charge in [0.15, 0.2) is 5.79 Å². The van der Waals surface area contributed by atoms with Crippen LogP contribution in [0.25, 0.3) is 0 Å². The Morgan fingerprint density at radius 2 is 1.75 bits per heavy atom. The molecule has 2 N–H and O–H groups in total. The smallest absolute Gasteiger partial charge is 0.305 e. The van der Waals surface area contributed by atoms with Gasteiger partial charge in [0.05, 0.1) is 0 Å². The minimum atomic E-state index is -1.93. The SMILES string of the molecule is CCCCC(=O)OCC(O)(O)CCCC=CC[C@H]1CCC[C@@H]1C=CCCC(C)(C)CCC. The first-order chi connectivity index (χ1) is 15.2. The van der Waals surface area contributed by atoms with E-state index in [2.05, 4.69) is 45.1 Å². The molecule has 1 aliphatic carbocycles. The molecule has 0 heterocycles. The maximum absolute atomic E-state index is 11.5. The van der Waals surface area contributed by atoms with Crippen molar-refractivity contribution in [1.82, 2.24) is 0 Å². The Labute approximate surface area is 197 Å². The Kier molecular flexibility index (Phi) is 14.1. The lowest BCUT2D eigenvalue weighted by molar-refractivity contribution is -0.205. The van der Waals surface area contributed by atoms with E-state index in [0.29, 0.717) is 24.2 Å². The van der Waals surface area contributed by atoms with Gasteiger partial charge in [-0.15, -0.1) is 0 Å². The normalized spacial score (nSPS) is 19.9. The van der Waals surface area contributed by atoms with Gasteiger partial charge >= 0.3 is 5.97 Å². The molecule has 0 spiro atoms. The van der Waals surface area contributed by atoms with Gasteiger partial charge in [-0.05, 0) is 75.0 Å². The molecule has 1 rings (SSSR count). The Morgan fingerprint density at radius 3 is 2.47 bits per heavy atom. The third-order valence-electron chi connectivity index (χ3n) is 6.77. The minimum Gasteiger partial charge on any atom is -0.460 e. The van der Waals surface area contributed by atoms with Crippen LogP contribution < -0.4 is 0 Å². The number of allylic oxidation sites excluding steroid dienone is 4. The van der Waals surface area contributed by atoms with Crippen LogP contribution in [-0.4, -0.2) is 28.6 Å². The number of rotatable bonds is 17. The minimum absolute atomic E-state index is 0.210. The van der Waals surface area contributed by atoms with Crippen LogP contribution in [0.1, 0.15) is 118 Å². The molecule has 0 aromatic heterocycles. The van der Waals surface area contributed by atoms with Crippen molar-refractivity contribution in [3.05, 3.63) is 24.3 Å². The molecule has 0 aliphatic heterocycles. The first kappa shape index (κ1) is 28.9. The quantitative estimate of drug-likeness (QED) is 0.107. The molecule has 1 aliphatic rings. The van der Waals surface area contributed by atoms with Gasteiger partial charge in [0, 0.05) is 12.8 Å². The zero-order valence-corrected chi connectivity index (χ0v) is 21.3. The van der Waals surface area contributed by atoms with Crippen LogP contribution in [0, 0.1) is 17.3 Å². The summed E-state index contributed by atoms with van der Waals surface area (Å²) in [5, 5.41) is 20.0. The Bertz CT molecular complexity index is 562. The van der Waals surface area contributed by atoms with Gasteiger partial charge in [0.25, 0.3) is 0 Å². The molecule has 1 fully saturated rings. The van der Waals surface area contributed by atoms with Gasteiger partial charge < -0.3 is 14.9 Å². The first-order valence-corrected chi connectivity index (χ1v) is 13.1. The van der Waals surface area contributed by atoms with Gasteiger partial charge in [-0.3, -0.25) is 4.79 Å². The molecule has 0 saturated heterocycles. The molecule has 0 radical (unpaired) electrons. The summed E-state index contributed by atoms with van der Waals surface area (Å²) >= 11 is 0. The van der Waals surface area contributed by atoms with Gasteiger partial charge in [-0.25, -0.2) is 0 Å². The molecule has 0 amide bonds. The summed E-state index contributed by atoms with van der Waals surface area (Å²) < 4.78 is 4.97. The van der Waals surface area contributed by atoms with Gasteiger partial charge in [0.2, 0.25) is 0 Å². The third-order valence-corrected chi connectivity index (χ3v) is 6.77. The summed E-state index contributed by atoms with van der Waals surface area (Å²) in [5.41, 5.74) is 0.453. The van der Waals surface area contributed by atoms with E-state index >= 15 is 0 Å². The van der Waals surface area contributed by atoms with E-state index in [4.69, 9.17) is 4.74 Å². The monoisotopic (exact) mass is 450 g/mol. The van der Waals surface area contributed by atoms with E-state index in [9.17, 15) is 15.0 Å². The van der Waals surface area contributed by atoms with E-state index < -0.39 is 5.79 Å². The molecule has 4 heteroatoms. The average molecular weight is 451 g/mol. The van der Waals surface area contributed by atoms with Gasteiger partial charge in [-0.1, -0.05) is 71.3 Å². The molecule has 0 bridgehead atoms. The molecular formula is C28H50O4. The Hall–Kier alpha value is -1.13. The summed E-state index contributed by atoms with van der Waals surface area (Å²) in [5.74, 6) is -0.839. The topological polar surface area (TPSA) is 66.8 Å². The standard InChI is InChI=1S/C28H50O4/c1-5-7-19-26(29)32-23-28(30,31)22-12-9-8-10-15-24-17-14-18-25(24)16-11-13-21-27(3,4)20-6-2/h8,10-11,16,24-25,30-31H,5-7,9,12-15,17-23H2,1-4H3/t24-,25-/m0/s1. The van der Waals surface area contributed by atoms with Crippen LogP contribution >= 0.6 is 0 Å². The maximum Gasteiger partial charge on any atom is 0.305 e. The summed E-state index contributed by atoms with van der Waals surface area (Å²) in [6.07, 6.45) is 23.1. The van der Waals surface area contributed by atoms with E-state index in [1.165, 1.54) is 44.9 Å². The van der Waals surface area contributed by atoms with E-state index in [1.54, 1.807) is 0 Å². The number of esters is 1. The van der Waals surface area contributed by atoms with Gasteiger partial charge in [-0.2, -0.15) is 0 Å². The number of hydrogen-bond donors (Lipinski definition) is 2. The van der Waals surface area contributed by atoms with Crippen molar-refractivity contribution < 1.29 is 19.7 Å². The predicted molar refractivity (Wildman–Crippen MR) is 133 cm³/mol. The zero-order chi connectivity index (χ0) is 23.9. The van der Waals surface area contributed by atoms with Crippen LogP contribution in [0.2, 0.25) is 0 Å². The fourth-order valence-electron chi connectivity index (χ4n) is 4.71. The number of carbonyl (C=O) groups excluding carboxylic acids is 1. The fraction of sp³-hybridized carbons (Fsp3) is 0.821. The van der Waals surface area contributed by atoms with Gasteiger partial charge in [0.1, 0.15) is 6.61 Å². The van der Waals surface area contributed by atoms with Crippen molar-refractivity contribution >= 4 is 5.97 Å². The summed E-state index contributed by atoms with van der Waals surface area (Å²) in [7, 11) is 0. The number of unbranched alkanes of at least 4 members (excludes halogenated alkanes) is 2. The molecule has 0 aromatic rings. The molecule has 186 valence electrons. The van der Waals surface area contributed by atoms with Crippen molar-refractivity contribution in [3.63, 3.8) is 0 Å². The van der Waals surface area contributed by atoms with E-state index in [1.807, 2.05) is 6.92 Å². The van der Waals surface area contributed by atoms with Crippen molar-refractivity contribution in [2.45, 2.75) is 123 Å². The highest BCUT2D eigenvalue weighted by molar-refractivity contribution is 5.69. The number of carbonyl (C=O) groups is 1. The lowest BCUT2D eigenvalue weighted by atomic mass is 9.83. The molecule has 0 aromatic carbocycles. The molecular weight excluding hydrogens is 400 g/mol.